The van der Waals surface area contributed by atoms with Crippen LogP contribution in [0.2, 0.25) is 0 Å². The summed E-state index contributed by atoms with van der Waals surface area (Å²) in [6, 6.07) is 5.63. The highest BCUT2D eigenvalue weighted by atomic mass is 32.2. The van der Waals surface area contributed by atoms with Crippen molar-refractivity contribution in [3.05, 3.63) is 36.3 Å². The van der Waals surface area contributed by atoms with E-state index in [4.69, 9.17) is 5.14 Å². The molecular weight excluding hydrogens is 280 g/mol. The molecule has 1 amide bonds. The Morgan fingerprint density at radius 1 is 1.40 bits per heavy atom. The van der Waals surface area contributed by atoms with Crippen LogP contribution in [0.5, 0.6) is 0 Å². The number of pyridine rings is 1. The SMILES string of the molecule is NS(=O)(=O)C1CC(=O)N(Cc2cn3ccccc3n2)C1. The van der Waals surface area contributed by atoms with Crippen molar-refractivity contribution in [2.75, 3.05) is 6.54 Å². The van der Waals surface area contributed by atoms with Gasteiger partial charge in [0.15, 0.2) is 0 Å². The second-order valence-electron chi connectivity index (χ2n) is 4.89. The van der Waals surface area contributed by atoms with Gasteiger partial charge in [0.05, 0.1) is 12.2 Å². The second kappa shape index (κ2) is 4.57. The molecule has 0 bridgehead atoms. The van der Waals surface area contributed by atoms with E-state index in [0.29, 0.717) is 6.54 Å². The van der Waals surface area contributed by atoms with Gasteiger partial charge in [-0.3, -0.25) is 4.79 Å². The number of rotatable bonds is 3. The Hall–Kier alpha value is -1.93. The quantitative estimate of drug-likeness (QED) is 0.842. The summed E-state index contributed by atoms with van der Waals surface area (Å²) in [5.41, 5.74) is 1.51. The molecule has 106 valence electrons. The average Bonchev–Trinajstić information content (AvgIpc) is 2.93. The average molecular weight is 294 g/mol. The lowest BCUT2D eigenvalue weighted by molar-refractivity contribution is -0.128. The van der Waals surface area contributed by atoms with Crippen molar-refractivity contribution in [2.24, 2.45) is 5.14 Å². The lowest BCUT2D eigenvalue weighted by atomic mass is 10.4. The first-order valence-corrected chi connectivity index (χ1v) is 7.76. The van der Waals surface area contributed by atoms with E-state index in [2.05, 4.69) is 4.98 Å². The molecule has 1 saturated heterocycles. The van der Waals surface area contributed by atoms with Crippen LogP contribution in [0.3, 0.4) is 0 Å². The Kier molecular flexibility index (Phi) is 2.98. The summed E-state index contributed by atoms with van der Waals surface area (Å²) in [6.45, 7) is 0.429. The molecule has 1 fully saturated rings. The smallest absolute Gasteiger partial charge is 0.224 e. The summed E-state index contributed by atoms with van der Waals surface area (Å²) >= 11 is 0. The number of aromatic nitrogens is 2. The van der Waals surface area contributed by atoms with Crippen LogP contribution in [-0.2, 0) is 21.4 Å². The lowest BCUT2D eigenvalue weighted by Gasteiger charge is -2.14. The number of primary sulfonamides is 1. The number of fused-ring (bicyclic) bond motifs is 1. The predicted molar refractivity (Wildman–Crippen MR) is 72.1 cm³/mol. The third-order valence-corrected chi connectivity index (χ3v) is 4.66. The summed E-state index contributed by atoms with van der Waals surface area (Å²) in [5, 5.41) is 4.28. The second-order valence-corrected chi connectivity index (χ2v) is 6.73. The highest BCUT2D eigenvalue weighted by Gasteiger charge is 2.36. The summed E-state index contributed by atoms with van der Waals surface area (Å²) in [6.07, 6.45) is 3.64. The highest BCUT2D eigenvalue weighted by Crippen LogP contribution is 2.19. The summed E-state index contributed by atoms with van der Waals surface area (Å²) < 4.78 is 24.4. The molecule has 2 N–H and O–H groups in total. The molecule has 0 aromatic carbocycles. The van der Waals surface area contributed by atoms with E-state index in [1.165, 1.54) is 4.90 Å². The zero-order chi connectivity index (χ0) is 14.3. The minimum atomic E-state index is -3.67. The molecule has 2 aromatic heterocycles. The number of amides is 1. The largest absolute Gasteiger partial charge is 0.335 e. The molecule has 1 atom stereocenters. The van der Waals surface area contributed by atoms with E-state index >= 15 is 0 Å². The number of imidazole rings is 1. The van der Waals surface area contributed by atoms with Gasteiger partial charge in [0.25, 0.3) is 0 Å². The molecule has 1 aliphatic rings. The van der Waals surface area contributed by atoms with E-state index < -0.39 is 15.3 Å². The fraction of sp³-hybridized carbons (Fsp3) is 0.333. The van der Waals surface area contributed by atoms with Gasteiger partial charge in [0, 0.05) is 25.4 Å². The maximum absolute atomic E-state index is 11.8. The number of likely N-dealkylation sites (tertiary alicyclic amines) is 1. The van der Waals surface area contributed by atoms with Crippen LogP contribution in [-0.4, -0.2) is 40.4 Å². The Bertz CT molecular complexity index is 735. The Labute approximate surface area is 116 Å². The molecule has 2 aromatic rings. The van der Waals surface area contributed by atoms with Crippen molar-refractivity contribution in [1.29, 1.82) is 0 Å². The molecular formula is C12H14N4O3S. The number of carbonyl (C=O) groups excluding carboxylic acids is 1. The van der Waals surface area contributed by atoms with Crippen LogP contribution in [0.15, 0.2) is 30.6 Å². The van der Waals surface area contributed by atoms with Crippen molar-refractivity contribution in [3.63, 3.8) is 0 Å². The molecule has 20 heavy (non-hydrogen) atoms. The number of hydrogen-bond donors (Lipinski definition) is 1. The molecule has 0 aliphatic carbocycles. The van der Waals surface area contributed by atoms with Crippen LogP contribution in [0, 0.1) is 0 Å². The standard InChI is InChI=1S/C12H14N4O3S/c13-20(18,19)10-5-12(17)16(8-10)7-9-6-15-4-2-1-3-11(15)14-9/h1-4,6,10H,5,7-8H2,(H2,13,18,19). The van der Waals surface area contributed by atoms with E-state index in [9.17, 15) is 13.2 Å². The van der Waals surface area contributed by atoms with Gasteiger partial charge < -0.3 is 9.30 Å². The van der Waals surface area contributed by atoms with Crippen LogP contribution < -0.4 is 5.14 Å². The van der Waals surface area contributed by atoms with E-state index in [1.807, 2.05) is 35.0 Å². The highest BCUT2D eigenvalue weighted by molar-refractivity contribution is 7.89. The van der Waals surface area contributed by atoms with Gasteiger partial charge in [-0.2, -0.15) is 0 Å². The zero-order valence-corrected chi connectivity index (χ0v) is 11.5. The van der Waals surface area contributed by atoms with Crippen LogP contribution >= 0.6 is 0 Å². The fourth-order valence-electron chi connectivity index (χ4n) is 2.37. The number of nitrogens with two attached hydrogens (primary N) is 1. The zero-order valence-electron chi connectivity index (χ0n) is 10.6. The lowest BCUT2D eigenvalue weighted by Crippen LogP contribution is -2.32. The number of carbonyl (C=O) groups is 1. The summed E-state index contributed by atoms with van der Waals surface area (Å²) in [7, 11) is -3.67. The molecule has 0 spiro atoms. The third kappa shape index (κ3) is 2.39. The normalized spacial score (nSPS) is 19.9. The van der Waals surface area contributed by atoms with Gasteiger partial charge in [-0.1, -0.05) is 6.07 Å². The van der Waals surface area contributed by atoms with Crippen LogP contribution in [0.1, 0.15) is 12.1 Å². The van der Waals surface area contributed by atoms with Crippen LogP contribution in [0.25, 0.3) is 5.65 Å². The Balaban J connectivity index is 1.79. The van der Waals surface area contributed by atoms with E-state index in [0.717, 1.165) is 11.3 Å². The topological polar surface area (TPSA) is 97.8 Å². The Morgan fingerprint density at radius 3 is 2.85 bits per heavy atom. The van der Waals surface area contributed by atoms with E-state index in [-0.39, 0.29) is 18.9 Å². The third-order valence-electron chi connectivity index (χ3n) is 3.41. The maximum atomic E-state index is 11.8. The minimum Gasteiger partial charge on any atom is -0.335 e. The van der Waals surface area contributed by atoms with Gasteiger partial charge in [-0.15, -0.1) is 0 Å². The Morgan fingerprint density at radius 2 is 2.20 bits per heavy atom. The van der Waals surface area contributed by atoms with Crippen molar-refractivity contribution >= 4 is 21.6 Å². The van der Waals surface area contributed by atoms with Gasteiger partial charge in [-0.05, 0) is 12.1 Å². The monoisotopic (exact) mass is 294 g/mol. The number of hydrogen-bond acceptors (Lipinski definition) is 4. The maximum Gasteiger partial charge on any atom is 0.224 e. The van der Waals surface area contributed by atoms with Gasteiger partial charge in [-0.25, -0.2) is 18.5 Å². The molecule has 1 unspecified atom stereocenters. The van der Waals surface area contributed by atoms with Gasteiger partial charge in [0.1, 0.15) is 10.9 Å². The first kappa shape index (κ1) is 13.1. The predicted octanol–water partition coefficient (Wildman–Crippen LogP) is -0.276. The minimum absolute atomic E-state index is 0.0494. The molecule has 8 heteroatoms. The molecule has 7 nitrogen and oxygen atoms in total. The van der Waals surface area contributed by atoms with E-state index in [1.54, 1.807) is 0 Å². The molecule has 3 rings (SSSR count). The molecule has 3 heterocycles. The number of nitrogens with zero attached hydrogens (tertiary/aromatic N) is 3. The summed E-state index contributed by atoms with van der Waals surface area (Å²) in [4.78, 5) is 17.7. The molecule has 0 saturated carbocycles. The fourth-order valence-corrected chi connectivity index (χ4v) is 3.13. The number of sulfonamides is 1. The molecule has 1 aliphatic heterocycles. The van der Waals surface area contributed by atoms with Crippen molar-refractivity contribution in [3.8, 4) is 0 Å². The first-order valence-electron chi connectivity index (χ1n) is 6.15. The van der Waals surface area contributed by atoms with Crippen LogP contribution in [0.4, 0.5) is 0 Å². The van der Waals surface area contributed by atoms with Gasteiger partial charge >= 0.3 is 0 Å². The first-order chi connectivity index (χ1) is 9.43. The van der Waals surface area contributed by atoms with Crippen molar-refractivity contribution in [1.82, 2.24) is 14.3 Å². The summed E-state index contributed by atoms with van der Waals surface area (Å²) in [5.74, 6) is -0.207. The van der Waals surface area contributed by atoms with Gasteiger partial charge in [0.2, 0.25) is 15.9 Å². The van der Waals surface area contributed by atoms with Crippen molar-refractivity contribution in [2.45, 2.75) is 18.2 Å². The molecule has 0 radical (unpaired) electrons. The van der Waals surface area contributed by atoms with Crippen molar-refractivity contribution < 1.29 is 13.2 Å².